The monoisotopic (exact) mass is 392 g/mol. The Hall–Kier alpha value is -2.61. The van der Waals surface area contributed by atoms with E-state index >= 15 is 0 Å². The van der Waals surface area contributed by atoms with E-state index in [1.165, 1.54) is 0 Å². The molecule has 0 aliphatic heterocycles. The van der Waals surface area contributed by atoms with Crippen LogP contribution in [0.4, 0.5) is 9.18 Å². The normalized spacial score (nSPS) is 13.9. The second-order valence-electron chi connectivity index (χ2n) is 6.67. The summed E-state index contributed by atoms with van der Waals surface area (Å²) in [5.74, 6) is -0.370. The zero-order valence-electron chi connectivity index (χ0n) is 15.1. The number of benzene rings is 2. The maximum Gasteiger partial charge on any atom is 0.339 e. The second-order valence-corrected chi connectivity index (χ2v) is 8.22. The van der Waals surface area contributed by atoms with Crippen LogP contribution in [0.2, 0.25) is 0 Å². The fraction of sp³-hybridized carbons (Fsp3) is 0.316. The molecule has 0 saturated heterocycles. The van der Waals surface area contributed by atoms with Gasteiger partial charge in [0.2, 0.25) is 0 Å². The molecule has 27 heavy (non-hydrogen) atoms. The minimum absolute atomic E-state index is 0.0447. The maximum atomic E-state index is 13.0. The van der Waals surface area contributed by atoms with Gasteiger partial charge in [-0.3, -0.25) is 0 Å². The number of nitrogens with zero attached hydrogens (tertiary/aromatic N) is 2. The molecule has 3 rings (SSSR count). The molecule has 0 atom stereocenters. The summed E-state index contributed by atoms with van der Waals surface area (Å²) < 4.78 is 42.5. The van der Waals surface area contributed by atoms with Gasteiger partial charge in [0.1, 0.15) is 16.5 Å². The van der Waals surface area contributed by atoms with Crippen LogP contribution in [0.15, 0.2) is 53.4 Å². The molecule has 1 fully saturated rings. The van der Waals surface area contributed by atoms with Crippen molar-refractivity contribution < 1.29 is 21.8 Å². The van der Waals surface area contributed by atoms with Crippen molar-refractivity contribution >= 4 is 16.1 Å². The Morgan fingerprint density at radius 2 is 1.67 bits per heavy atom. The van der Waals surface area contributed by atoms with E-state index in [0.717, 1.165) is 42.7 Å². The maximum absolute atomic E-state index is 13.0. The number of carbonyl (C=O) groups is 1. The molecule has 0 unspecified atom stereocenters. The predicted molar refractivity (Wildman–Crippen MR) is 98.3 cm³/mol. The highest BCUT2D eigenvalue weighted by atomic mass is 32.2. The van der Waals surface area contributed by atoms with Crippen LogP contribution in [0.5, 0.6) is 5.75 Å². The van der Waals surface area contributed by atoms with Crippen molar-refractivity contribution in [2.75, 3.05) is 14.1 Å². The first-order valence-corrected chi connectivity index (χ1v) is 9.94. The van der Waals surface area contributed by atoms with E-state index in [1.807, 2.05) is 4.90 Å². The number of halogens is 1. The third-order valence-corrected chi connectivity index (χ3v) is 5.46. The molecule has 0 heterocycles. The van der Waals surface area contributed by atoms with Gasteiger partial charge in [0.25, 0.3) is 0 Å². The van der Waals surface area contributed by atoms with Crippen LogP contribution in [-0.4, -0.2) is 44.4 Å². The largest absolute Gasteiger partial charge is 0.379 e. The van der Waals surface area contributed by atoms with Crippen LogP contribution in [0.1, 0.15) is 18.4 Å². The molecule has 144 valence electrons. The van der Waals surface area contributed by atoms with Gasteiger partial charge in [-0.1, -0.05) is 12.1 Å². The summed E-state index contributed by atoms with van der Waals surface area (Å²) in [4.78, 5) is 15.5. The molecule has 0 aromatic heterocycles. The fourth-order valence-electron chi connectivity index (χ4n) is 2.62. The van der Waals surface area contributed by atoms with E-state index in [9.17, 15) is 17.6 Å². The van der Waals surface area contributed by atoms with Crippen molar-refractivity contribution in [1.29, 1.82) is 0 Å². The quantitative estimate of drug-likeness (QED) is 0.708. The number of rotatable bonds is 6. The molecule has 0 radical (unpaired) electrons. The van der Waals surface area contributed by atoms with Crippen LogP contribution in [-0.2, 0) is 16.7 Å². The van der Waals surface area contributed by atoms with Gasteiger partial charge in [0, 0.05) is 26.7 Å². The zero-order valence-corrected chi connectivity index (χ0v) is 15.9. The molecule has 6 nitrogen and oxygen atoms in total. The van der Waals surface area contributed by atoms with Gasteiger partial charge in [0.15, 0.2) is 0 Å². The lowest BCUT2D eigenvalue weighted by atomic mass is 10.2. The average molecular weight is 392 g/mol. The van der Waals surface area contributed by atoms with E-state index in [0.29, 0.717) is 6.54 Å². The van der Waals surface area contributed by atoms with Crippen molar-refractivity contribution in [2.24, 2.45) is 0 Å². The highest BCUT2D eigenvalue weighted by molar-refractivity contribution is 7.87. The van der Waals surface area contributed by atoms with Gasteiger partial charge >= 0.3 is 16.1 Å². The lowest BCUT2D eigenvalue weighted by Gasteiger charge is -2.26. The number of hydrogen-bond donors (Lipinski definition) is 0. The Balaban J connectivity index is 1.69. The molecule has 0 N–H and O–H groups in total. The molecule has 0 spiro atoms. The molecule has 2 aromatic carbocycles. The third-order valence-electron chi connectivity index (χ3n) is 4.20. The second kappa shape index (κ2) is 7.56. The van der Waals surface area contributed by atoms with E-state index in [2.05, 4.69) is 0 Å². The fourth-order valence-corrected chi connectivity index (χ4v) is 3.55. The summed E-state index contributed by atoms with van der Waals surface area (Å²) in [6.45, 7) is 0.451. The number of carbonyl (C=O) groups excluding carboxylic acids is 1. The van der Waals surface area contributed by atoms with E-state index < -0.39 is 15.9 Å². The van der Waals surface area contributed by atoms with Gasteiger partial charge in [-0.05, 0) is 54.8 Å². The molecular formula is C19H21FN2O4S. The lowest BCUT2D eigenvalue weighted by molar-refractivity contribution is 0.165. The van der Waals surface area contributed by atoms with Crippen molar-refractivity contribution in [3.63, 3.8) is 0 Å². The van der Waals surface area contributed by atoms with Gasteiger partial charge in [-0.15, -0.1) is 0 Å². The molecule has 1 aliphatic carbocycles. The van der Waals surface area contributed by atoms with E-state index in [-0.39, 0.29) is 22.7 Å². The van der Waals surface area contributed by atoms with Gasteiger partial charge in [-0.2, -0.15) is 8.42 Å². The highest BCUT2D eigenvalue weighted by Crippen LogP contribution is 2.29. The SMILES string of the molecule is CN(C)C(=O)N(Cc1ccc(OS(=O)(=O)c2ccc(F)cc2)cc1)C1CC1. The Bertz CT molecular complexity index is 908. The lowest BCUT2D eigenvalue weighted by Crippen LogP contribution is -2.40. The number of hydrogen-bond acceptors (Lipinski definition) is 4. The highest BCUT2D eigenvalue weighted by Gasteiger charge is 2.33. The third kappa shape index (κ3) is 4.77. The minimum atomic E-state index is -4.03. The predicted octanol–water partition coefficient (Wildman–Crippen LogP) is 3.24. The molecule has 0 bridgehead atoms. The molecule has 1 aliphatic rings. The molecule has 2 aromatic rings. The van der Waals surface area contributed by atoms with Gasteiger partial charge < -0.3 is 14.0 Å². The van der Waals surface area contributed by atoms with Gasteiger partial charge in [0.05, 0.1) is 0 Å². The first-order chi connectivity index (χ1) is 12.8. The first kappa shape index (κ1) is 19.2. The minimum Gasteiger partial charge on any atom is -0.379 e. The first-order valence-electron chi connectivity index (χ1n) is 8.53. The van der Waals surface area contributed by atoms with Crippen molar-refractivity contribution in [3.05, 3.63) is 59.9 Å². The van der Waals surface area contributed by atoms with Crippen LogP contribution < -0.4 is 4.18 Å². The smallest absolute Gasteiger partial charge is 0.339 e. The van der Waals surface area contributed by atoms with Crippen molar-refractivity contribution in [2.45, 2.75) is 30.3 Å². The van der Waals surface area contributed by atoms with Gasteiger partial charge in [-0.25, -0.2) is 9.18 Å². The summed E-state index contributed by atoms with van der Waals surface area (Å²) in [5.41, 5.74) is 0.878. The Labute approximate surface area is 158 Å². The molecule has 2 amide bonds. The summed E-state index contributed by atoms with van der Waals surface area (Å²) in [6.07, 6.45) is 1.99. The molecular weight excluding hydrogens is 371 g/mol. The van der Waals surface area contributed by atoms with Crippen LogP contribution in [0.25, 0.3) is 0 Å². The molecule has 8 heteroatoms. The van der Waals surface area contributed by atoms with Crippen LogP contribution in [0, 0.1) is 5.82 Å². The van der Waals surface area contributed by atoms with Crippen molar-refractivity contribution in [3.8, 4) is 5.75 Å². The summed E-state index contributed by atoms with van der Waals surface area (Å²) in [5, 5.41) is 0. The Morgan fingerprint density at radius 3 is 2.19 bits per heavy atom. The topological polar surface area (TPSA) is 66.9 Å². The standard InChI is InChI=1S/C19H21FN2O4S/c1-21(2)19(23)22(16-7-8-16)13-14-3-9-17(10-4-14)26-27(24,25)18-11-5-15(20)6-12-18/h3-6,9-12,16H,7-8,13H2,1-2H3. The average Bonchev–Trinajstić information content (AvgIpc) is 3.45. The summed E-state index contributed by atoms with van der Waals surface area (Å²) in [6, 6.07) is 11.2. The zero-order chi connectivity index (χ0) is 19.6. The van der Waals surface area contributed by atoms with E-state index in [4.69, 9.17) is 4.18 Å². The van der Waals surface area contributed by atoms with Crippen LogP contribution in [0.3, 0.4) is 0 Å². The van der Waals surface area contributed by atoms with Crippen LogP contribution >= 0.6 is 0 Å². The Kier molecular flexibility index (Phi) is 5.36. The van der Waals surface area contributed by atoms with E-state index in [1.54, 1.807) is 43.3 Å². The Morgan fingerprint density at radius 1 is 1.07 bits per heavy atom. The number of urea groups is 1. The summed E-state index contributed by atoms with van der Waals surface area (Å²) >= 11 is 0. The molecule has 1 saturated carbocycles. The summed E-state index contributed by atoms with van der Waals surface area (Å²) in [7, 11) is -0.598. The van der Waals surface area contributed by atoms with Crippen molar-refractivity contribution in [1.82, 2.24) is 9.80 Å². The number of amides is 2.